The summed E-state index contributed by atoms with van der Waals surface area (Å²) in [7, 11) is 3.85. The Balaban J connectivity index is 1.25. The Morgan fingerprint density at radius 1 is 1.00 bits per heavy atom. The Bertz CT molecular complexity index is 1850. The van der Waals surface area contributed by atoms with E-state index in [-0.39, 0.29) is 29.2 Å². The summed E-state index contributed by atoms with van der Waals surface area (Å²) in [6.45, 7) is 5.01. The monoisotopic (exact) mass is 615 g/mol. The molecule has 232 valence electrons. The standard InChI is InChI=1S/C33H32F3N7O2/c1-21-6-7-22(17-28(21)45-32-29-27(10-12-42(29)3)39-30(40-32)23-5-4-11-37-19-23)31(44)38-25-9-8-24(26(18-25)33(34,35)36)20-43-15-13-41(2)14-16-43/h4-12,17-19H,13-16,20H2,1-3H3,(H,38,44). The van der Waals surface area contributed by atoms with Crippen molar-refractivity contribution in [1.82, 2.24) is 29.3 Å². The van der Waals surface area contributed by atoms with Crippen LogP contribution in [0, 0.1) is 6.92 Å². The first-order valence-electron chi connectivity index (χ1n) is 14.5. The Hall–Kier alpha value is -4.81. The number of nitrogens with one attached hydrogen (secondary N) is 1. The van der Waals surface area contributed by atoms with E-state index in [0.29, 0.717) is 41.3 Å². The van der Waals surface area contributed by atoms with Gasteiger partial charge in [0.1, 0.15) is 11.3 Å². The van der Waals surface area contributed by atoms with Crippen LogP contribution >= 0.6 is 0 Å². The molecule has 0 unspecified atom stereocenters. The van der Waals surface area contributed by atoms with Crippen LogP contribution in [0.4, 0.5) is 18.9 Å². The lowest BCUT2D eigenvalue weighted by atomic mass is 10.0. The smallest absolute Gasteiger partial charge is 0.416 e. The van der Waals surface area contributed by atoms with Gasteiger partial charge in [0, 0.05) is 75.2 Å². The van der Waals surface area contributed by atoms with Crippen molar-refractivity contribution in [2.75, 3.05) is 38.5 Å². The molecule has 4 heterocycles. The number of piperazine rings is 1. The van der Waals surface area contributed by atoms with Gasteiger partial charge in [-0.05, 0) is 67.6 Å². The van der Waals surface area contributed by atoms with Gasteiger partial charge in [-0.2, -0.15) is 18.2 Å². The fraction of sp³-hybridized carbons (Fsp3) is 0.273. The molecule has 0 saturated carbocycles. The fourth-order valence-electron chi connectivity index (χ4n) is 5.31. The molecule has 12 heteroatoms. The van der Waals surface area contributed by atoms with E-state index in [2.05, 4.69) is 25.2 Å². The van der Waals surface area contributed by atoms with E-state index in [1.807, 2.05) is 48.8 Å². The summed E-state index contributed by atoms with van der Waals surface area (Å²) in [5.41, 5.74) is 2.48. The zero-order chi connectivity index (χ0) is 31.7. The highest BCUT2D eigenvalue weighted by Gasteiger charge is 2.34. The second-order valence-electron chi connectivity index (χ2n) is 11.2. The van der Waals surface area contributed by atoms with Crippen LogP contribution in [0.15, 0.2) is 73.2 Å². The first kappa shape index (κ1) is 30.2. The van der Waals surface area contributed by atoms with Gasteiger partial charge in [0.15, 0.2) is 5.82 Å². The molecular formula is C33H32F3N7O2. The van der Waals surface area contributed by atoms with Crippen molar-refractivity contribution in [2.24, 2.45) is 7.05 Å². The molecule has 1 amide bonds. The second kappa shape index (κ2) is 12.3. The van der Waals surface area contributed by atoms with Gasteiger partial charge in [-0.3, -0.25) is 14.7 Å². The molecule has 0 aliphatic carbocycles. The molecule has 1 N–H and O–H groups in total. The summed E-state index contributed by atoms with van der Waals surface area (Å²) >= 11 is 0. The van der Waals surface area contributed by atoms with Gasteiger partial charge < -0.3 is 19.5 Å². The number of hydrogen-bond donors (Lipinski definition) is 1. The lowest BCUT2D eigenvalue weighted by Gasteiger charge is -2.33. The highest BCUT2D eigenvalue weighted by Crippen LogP contribution is 2.36. The summed E-state index contributed by atoms with van der Waals surface area (Å²) < 4.78 is 50.4. The number of benzene rings is 2. The number of anilines is 1. The third-order valence-corrected chi connectivity index (χ3v) is 7.93. The molecule has 1 aliphatic heterocycles. The number of pyridine rings is 1. The maximum atomic E-state index is 14.1. The highest BCUT2D eigenvalue weighted by atomic mass is 19.4. The van der Waals surface area contributed by atoms with Crippen molar-refractivity contribution in [3.8, 4) is 23.0 Å². The van der Waals surface area contributed by atoms with Crippen LogP contribution in [0.1, 0.15) is 27.0 Å². The van der Waals surface area contributed by atoms with Crippen LogP contribution in [-0.4, -0.2) is 68.5 Å². The Morgan fingerprint density at radius 3 is 2.53 bits per heavy atom. The Labute approximate surface area is 258 Å². The van der Waals surface area contributed by atoms with Gasteiger partial charge in [0.05, 0.1) is 11.1 Å². The number of carbonyl (C=O) groups excluding carboxylic acids is 1. The molecule has 6 rings (SSSR count). The molecule has 45 heavy (non-hydrogen) atoms. The third kappa shape index (κ3) is 6.66. The molecule has 1 aliphatic rings. The van der Waals surface area contributed by atoms with Gasteiger partial charge >= 0.3 is 6.18 Å². The largest absolute Gasteiger partial charge is 0.437 e. The van der Waals surface area contributed by atoms with E-state index < -0.39 is 17.6 Å². The molecule has 3 aromatic heterocycles. The number of hydrogen-bond acceptors (Lipinski definition) is 7. The number of aryl methyl sites for hydroxylation is 2. The maximum absolute atomic E-state index is 14.1. The number of fused-ring (bicyclic) bond motifs is 1. The average molecular weight is 616 g/mol. The average Bonchev–Trinajstić information content (AvgIpc) is 3.40. The summed E-state index contributed by atoms with van der Waals surface area (Å²) in [5.74, 6) is 0.527. The molecule has 0 atom stereocenters. The molecule has 5 aromatic rings. The van der Waals surface area contributed by atoms with E-state index >= 15 is 0 Å². The number of halogens is 3. The first-order chi connectivity index (χ1) is 21.5. The topological polar surface area (TPSA) is 88.4 Å². The molecule has 0 bridgehead atoms. The summed E-state index contributed by atoms with van der Waals surface area (Å²) in [6.07, 6.45) is 0.603. The van der Waals surface area contributed by atoms with Gasteiger partial charge in [-0.25, -0.2) is 4.98 Å². The number of aromatic nitrogens is 4. The molecular weight excluding hydrogens is 583 g/mol. The predicted molar refractivity (Wildman–Crippen MR) is 165 cm³/mol. The van der Waals surface area contributed by atoms with Gasteiger partial charge in [-0.15, -0.1) is 0 Å². The van der Waals surface area contributed by atoms with Gasteiger partial charge in [-0.1, -0.05) is 12.1 Å². The summed E-state index contributed by atoms with van der Waals surface area (Å²) in [4.78, 5) is 30.9. The SMILES string of the molecule is Cc1ccc(C(=O)Nc2ccc(CN3CCN(C)CC3)c(C(F)(F)F)c2)cc1Oc1nc(-c2cccnc2)nc2ccn(C)c12. The molecule has 1 saturated heterocycles. The summed E-state index contributed by atoms with van der Waals surface area (Å²) in [5, 5.41) is 2.63. The van der Waals surface area contributed by atoms with Crippen LogP contribution in [0.2, 0.25) is 0 Å². The third-order valence-electron chi connectivity index (χ3n) is 7.93. The van der Waals surface area contributed by atoms with Crippen LogP contribution in [0.5, 0.6) is 11.6 Å². The molecule has 0 spiro atoms. The van der Waals surface area contributed by atoms with Crippen molar-refractivity contribution < 1.29 is 22.7 Å². The highest BCUT2D eigenvalue weighted by molar-refractivity contribution is 6.04. The Kier molecular flexibility index (Phi) is 8.26. The number of amides is 1. The number of likely N-dealkylation sites (N-methyl/N-ethyl adjacent to an activating group) is 1. The molecule has 1 fully saturated rings. The van der Waals surface area contributed by atoms with Crippen LogP contribution in [0.3, 0.4) is 0 Å². The summed E-state index contributed by atoms with van der Waals surface area (Å²) in [6, 6.07) is 14.3. The van der Waals surface area contributed by atoms with Gasteiger partial charge in [0.25, 0.3) is 5.91 Å². The minimum absolute atomic E-state index is 0.0555. The molecule has 0 radical (unpaired) electrons. The van der Waals surface area contributed by atoms with E-state index in [4.69, 9.17) is 4.74 Å². The minimum atomic E-state index is -4.57. The number of nitrogens with zero attached hydrogens (tertiary/aromatic N) is 6. The van der Waals surface area contributed by atoms with Gasteiger partial charge in [0.2, 0.25) is 5.88 Å². The molecule has 2 aromatic carbocycles. The van der Waals surface area contributed by atoms with Crippen molar-refractivity contribution in [3.05, 3.63) is 95.4 Å². The zero-order valence-electron chi connectivity index (χ0n) is 25.1. The van der Waals surface area contributed by atoms with Crippen LogP contribution in [0.25, 0.3) is 22.4 Å². The van der Waals surface area contributed by atoms with Crippen LogP contribution < -0.4 is 10.1 Å². The number of carbonyl (C=O) groups is 1. The number of alkyl halides is 3. The predicted octanol–water partition coefficient (Wildman–Crippen LogP) is 6.15. The minimum Gasteiger partial charge on any atom is -0.437 e. The van der Waals surface area contributed by atoms with E-state index in [1.165, 1.54) is 12.1 Å². The van der Waals surface area contributed by atoms with E-state index in [9.17, 15) is 18.0 Å². The van der Waals surface area contributed by atoms with Crippen molar-refractivity contribution >= 4 is 22.6 Å². The lowest BCUT2D eigenvalue weighted by molar-refractivity contribution is -0.138. The van der Waals surface area contributed by atoms with Crippen molar-refractivity contribution in [1.29, 1.82) is 0 Å². The normalized spacial score (nSPS) is 14.5. The van der Waals surface area contributed by atoms with Crippen LogP contribution in [-0.2, 0) is 19.8 Å². The van der Waals surface area contributed by atoms with E-state index in [1.54, 1.807) is 36.7 Å². The second-order valence-corrected chi connectivity index (χ2v) is 11.2. The first-order valence-corrected chi connectivity index (χ1v) is 14.5. The van der Waals surface area contributed by atoms with E-state index in [0.717, 1.165) is 24.7 Å². The molecule has 9 nitrogen and oxygen atoms in total. The van der Waals surface area contributed by atoms with Crippen molar-refractivity contribution in [2.45, 2.75) is 19.6 Å². The quantitative estimate of drug-likeness (QED) is 0.235. The zero-order valence-corrected chi connectivity index (χ0v) is 25.1. The maximum Gasteiger partial charge on any atom is 0.416 e. The van der Waals surface area contributed by atoms with Crippen molar-refractivity contribution in [3.63, 3.8) is 0 Å². The number of rotatable bonds is 7. The fourth-order valence-corrected chi connectivity index (χ4v) is 5.31. The number of ether oxygens (including phenoxy) is 1. The Morgan fingerprint density at radius 2 is 1.80 bits per heavy atom. The lowest BCUT2D eigenvalue weighted by Crippen LogP contribution is -2.44.